The Balaban J connectivity index is 1.88. The van der Waals surface area contributed by atoms with Gasteiger partial charge in [-0.1, -0.05) is 6.42 Å². The normalized spacial score (nSPS) is 16.4. The fourth-order valence-electron chi connectivity index (χ4n) is 2.43. The van der Waals surface area contributed by atoms with E-state index in [1.807, 2.05) is 0 Å². The van der Waals surface area contributed by atoms with Crippen LogP contribution in [0.25, 0.3) is 0 Å². The van der Waals surface area contributed by atoms with Crippen LogP contribution in [0.1, 0.15) is 42.0 Å². The number of furan rings is 1. The van der Waals surface area contributed by atoms with Gasteiger partial charge in [0.1, 0.15) is 5.76 Å². The fourth-order valence-corrected chi connectivity index (χ4v) is 2.43. The molecule has 20 heavy (non-hydrogen) atoms. The van der Waals surface area contributed by atoms with E-state index in [-0.39, 0.29) is 23.6 Å². The maximum Gasteiger partial charge on any atom is 0.371 e. The number of nitrogens with one attached hydrogen (secondary N) is 1. The Labute approximate surface area is 117 Å². The summed E-state index contributed by atoms with van der Waals surface area (Å²) in [7, 11) is 1.63. The molecular formula is C14H19NO5. The number of amides is 1. The molecule has 6 heteroatoms. The van der Waals surface area contributed by atoms with Crippen LogP contribution >= 0.6 is 0 Å². The van der Waals surface area contributed by atoms with Crippen LogP contribution in [0.2, 0.25) is 0 Å². The van der Waals surface area contributed by atoms with Gasteiger partial charge in [0.2, 0.25) is 11.7 Å². The van der Waals surface area contributed by atoms with Gasteiger partial charge in [-0.3, -0.25) is 4.79 Å². The first kappa shape index (κ1) is 14.6. The lowest BCUT2D eigenvalue weighted by Gasteiger charge is -2.40. The van der Waals surface area contributed by atoms with E-state index in [1.165, 1.54) is 6.07 Å². The number of hydrogen-bond acceptors (Lipinski definition) is 4. The van der Waals surface area contributed by atoms with Crippen molar-refractivity contribution in [2.24, 2.45) is 5.41 Å². The van der Waals surface area contributed by atoms with Gasteiger partial charge >= 0.3 is 5.97 Å². The van der Waals surface area contributed by atoms with E-state index in [0.29, 0.717) is 18.8 Å². The Morgan fingerprint density at radius 1 is 1.45 bits per heavy atom. The third-order valence-corrected chi connectivity index (χ3v) is 3.87. The van der Waals surface area contributed by atoms with Crippen LogP contribution in [-0.4, -0.2) is 30.7 Å². The highest BCUT2D eigenvalue weighted by molar-refractivity contribution is 5.84. The molecule has 1 aliphatic rings. The first-order chi connectivity index (χ1) is 9.57. The second-order valence-electron chi connectivity index (χ2n) is 5.13. The van der Waals surface area contributed by atoms with Crippen molar-refractivity contribution in [3.8, 4) is 0 Å². The molecule has 0 saturated heterocycles. The molecule has 0 aliphatic heterocycles. The lowest BCUT2D eigenvalue weighted by Crippen LogP contribution is -2.46. The molecule has 0 bridgehead atoms. The zero-order valence-corrected chi connectivity index (χ0v) is 11.5. The van der Waals surface area contributed by atoms with Gasteiger partial charge in [-0.2, -0.15) is 0 Å². The van der Waals surface area contributed by atoms with E-state index < -0.39 is 5.97 Å². The van der Waals surface area contributed by atoms with E-state index >= 15 is 0 Å². The van der Waals surface area contributed by atoms with Gasteiger partial charge in [0, 0.05) is 13.7 Å². The molecule has 1 aromatic heterocycles. The van der Waals surface area contributed by atoms with Gasteiger partial charge in [-0.05, 0) is 31.4 Å². The van der Waals surface area contributed by atoms with Crippen LogP contribution in [0.15, 0.2) is 16.5 Å². The minimum atomic E-state index is -1.11. The van der Waals surface area contributed by atoms with E-state index in [0.717, 1.165) is 19.3 Å². The van der Waals surface area contributed by atoms with Gasteiger partial charge in [0.25, 0.3) is 0 Å². The summed E-state index contributed by atoms with van der Waals surface area (Å²) >= 11 is 0. The van der Waals surface area contributed by atoms with Crippen molar-refractivity contribution in [3.05, 3.63) is 23.7 Å². The molecule has 2 rings (SSSR count). The molecule has 0 unspecified atom stereocenters. The van der Waals surface area contributed by atoms with E-state index in [9.17, 15) is 9.59 Å². The Bertz CT molecular complexity index is 490. The summed E-state index contributed by atoms with van der Waals surface area (Å²) in [6.45, 7) is 0.776. The number of carboxylic acids is 1. The van der Waals surface area contributed by atoms with E-state index in [1.54, 1.807) is 13.2 Å². The maximum absolute atomic E-state index is 12.2. The average molecular weight is 281 g/mol. The number of carbonyl (C=O) groups is 2. The predicted molar refractivity (Wildman–Crippen MR) is 70.3 cm³/mol. The van der Waals surface area contributed by atoms with Crippen LogP contribution in [0.5, 0.6) is 0 Å². The van der Waals surface area contributed by atoms with Crippen LogP contribution < -0.4 is 5.32 Å². The summed E-state index contributed by atoms with van der Waals surface area (Å²) in [5, 5.41) is 11.6. The summed E-state index contributed by atoms with van der Waals surface area (Å²) in [6, 6.07) is 2.94. The van der Waals surface area contributed by atoms with Crippen molar-refractivity contribution in [1.29, 1.82) is 0 Å². The number of aromatic carboxylic acids is 1. The van der Waals surface area contributed by atoms with E-state index in [2.05, 4.69) is 5.32 Å². The molecule has 0 spiro atoms. The van der Waals surface area contributed by atoms with Gasteiger partial charge in [0.15, 0.2) is 0 Å². The van der Waals surface area contributed by atoms with Crippen molar-refractivity contribution < 1.29 is 23.8 Å². The number of methoxy groups -OCH3 is 1. The highest BCUT2D eigenvalue weighted by Gasteiger charge is 2.43. The minimum absolute atomic E-state index is 0.00549. The summed E-state index contributed by atoms with van der Waals surface area (Å²) < 4.78 is 10.2. The molecule has 6 nitrogen and oxygen atoms in total. The SMILES string of the molecule is COCCC1(C(=O)NCc2ccc(C(=O)O)o2)CCC1. The molecule has 0 aromatic carbocycles. The number of rotatable bonds is 7. The zero-order valence-electron chi connectivity index (χ0n) is 11.5. The molecule has 1 amide bonds. The van der Waals surface area contributed by atoms with Crippen molar-refractivity contribution >= 4 is 11.9 Å². The Hall–Kier alpha value is -1.82. The monoisotopic (exact) mass is 281 g/mol. The Kier molecular flexibility index (Phi) is 4.44. The quantitative estimate of drug-likeness (QED) is 0.795. The summed E-state index contributed by atoms with van der Waals surface area (Å²) in [6.07, 6.45) is 3.52. The van der Waals surface area contributed by atoms with Gasteiger partial charge in [-0.25, -0.2) is 4.79 Å². The largest absolute Gasteiger partial charge is 0.475 e. The maximum atomic E-state index is 12.2. The first-order valence-corrected chi connectivity index (χ1v) is 6.67. The number of carboxylic acid groups (broad SMARTS) is 1. The molecule has 2 N–H and O–H groups in total. The van der Waals surface area contributed by atoms with Crippen LogP contribution in [-0.2, 0) is 16.1 Å². The van der Waals surface area contributed by atoms with E-state index in [4.69, 9.17) is 14.3 Å². The summed E-state index contributed by atoms with van der Waals surface area (Å²) in [4.78, 5) is 22.9. The molecule has 0 atom stereocenters. The van der Waals surface area contributed by atoms with Gasteiger partial charge in [-0.15, -0.1) is 0 Å². The minimum Gasteiger partial charge on any atom is -0.475 e. The molecule has 0 radical (unpaired) electrons. The van der Waals surface area contributed by atoms with Gasteiger partial charge in [0.05, 0.1) is 12.0 Å². The van der Waals surface area contributed by atoms with Crippen LogP contribution in [0.3, 0.4) is 0 Å². The average Bonchev–Trinajstić information content (AvgIpc) is 2.84. The van der Waals surface area contributed by atoms with Crippen molar-refractivity contribution in [1.82, 2.24) is 5.32 Å². The van der Waals surface area contributed by atoms with Crippen molar-refractivity contribution in [3.63, 3.8) is 0 Å². The lowest BCUT2D eigenvalue weighted by atomic mass is 9.66. The standard InChI is InChI=1S/C14H19NO5/c1-19-8-7-14(5-2-6-14)13(18)15-9-10-3-4-11(20-10)12(16)17/h3-4H,2,5-9H2,1H3,(H,15,18)(H,16,17). The fraction of sp³-hybridized carbons (Fsp3) is 0.571. The Morgan fingerprint density at radius 2 is 2.20 bits per heavy atom. The highest BCUT2D eigenvalue weighted by Crippen LogP contribution is 2.44. The second-order valence-corrected chi connectivity index (χ2v) is 5.13. The lowest BCUT2D eigenvalue weighted by molar-refractivity contribution is -0.137. The molecule has 1 heterocycles. The molecule has 1 fully saturated rings. The van der Waals surface area contributed by atoms with Crippen molar-refractivity contribution in [2.45, 2.75) is 32.2 Å². The van der Waals surface area contributed by atoms with Crippen LogP contribution in [0, 0.1) is 5.41 Å². The zero-order chi connectivity index (χ0) is 14.6. The molecular weight excluding hydrogens is 262 g/mol. The second kappa shape index (κ2) is 6.09. The third-order valence-electron chi connectivity index (χ3n) is 3.87. The highest BCUT2D eigenvalue weighted by atomic mass is 16.5. The number of hydrogen-bond donors (Lipinski definition) is 2. The summed E-state index contributed by atoms with van der Waals surface area (Å²) in [5.41, 5.74) is -0.321. The summed E-state index contributed by atoms with van der Waals surface area (Å²) in [5.74, 6) is -0.795. The predicted octanol–water partition coefficient (Wildman–Crippen LogP) is 1.80. The van der Waals surface area contributed by atoms with Crippen LogP contribution in [0.4, 0.5) is 0 Å². The Morgan fingerprint density at radius 3 is 2.70 bits per heavy atom. The number of carbonyl (C=O) groups excluding carboxylic acids is 1. The first-order valence-electron chi connectivity index (χ1n) is 6.67. The third kappa shape index (κ3) is 3.01. The molecule has 1 aromatic rings. The van der Waals surface area contributed by atoms with Crippen molar-refractivity contribution in [2.75, 3.05) is 13.7 Å². The van der Waals surface area contributed by atoms with Gasteiger partial charge < -0.3 is 19.6 Å². The smallest absolute Gasteiger partial charge is 0.371 e. The number of ether oxygens (including phenoxy) is 1. The molecule has 110 valence electrons. The molecule has 1 saturated carbocycles. The molecule has 1 aliphatic carbocycles. The topological polar surface area (TPSA) is 88.8 Å².